The van der Waals surface area contributed by atoms with Gasteiger partial charge in [0, 0.05) is 13.0 Å². The zero-order valence-electron chi connectivity index (χ0n) is 8.77. The monoisotopic (exact) mass is 195 g/mol. The Morgan fingerprint density at radius 1 is 1.31 bits per heavy atom. The van der Waals surface area contributed by atoms with E-state index in [9.17, 15) is 8.78 Å². The van der Waals surface area contributed by atoms with Crippen molar-refractivity contribution in [2.75, 3.05) is 27.2 Å². The van der Waals surface area contributed by atoms with Gasteiger partial charge in [-0.2, -0.15) is 0 Å². The summed E-state index contributed by atoms with van der Waals surface area (Å²) in [5.74, 6) is -2.65. The quantitative estimate of drug-likeness (QED) is 0.739. The Balaban J connectivity index is 0.000000671. The number of aliphatic hydroxyl groups excluding tert-OH is 1. The molecule has 80 valence electrons. The van der Waals surface area contributed by atoms with E-state index in [1.54, 1.807) is 19.0 Å². The van der Waals surface area contributed by atoms with Crippen LogP contribution in [0.4, 0.5) is 8.78 Å². The van der Waals surface area contributed by atoms with Crippen LogP contribution in [0.1, 0.15) is 20.3 Å². The molecule has 1 atom stereocenters. The fraction of sp³-hybridized carbons (Fsp3) is 1.00. The van der Waals surface area contributed by atoms with E-state index < -0.39 is 17.9 Å². The highest BCUT2D eigenvalue weighted by molar-refractivity contribution is 5.10. The summed E-state index contributed by atoms with van der Waals surface area (Å²) in [5, 5.41) is 8.73. The summed E-state index contributed by atoms with van der Waals surface area (Å²) in [5.41, 5.74) is -1.14. The Hall–Kier alpha value is -0.220. The summed E-state index contributed by atoms with van der Waals surface area (Å²) in [7, 11) is 3.46. The molecule has 0 bridgehead atoms. The van der Waals surface area contributed by atoms with Crippen molar-refractivity contribution < 1.29 is 13.9 Å². The first-order valence-corrected chi connectivity index (χ1v) is 4.57. The van der Waals surface area contributed by atoms with Crippen LogP contribution in [0.25, 0.3) is 0 Å². The summed E-state index contributed by atoms with van der Waals surface area (Å²) in [6.45, 7) is 3.84. The smallest absolute Gasteiger partial charge is 0.258 e. The van der Waals surface area contributed by atoms with Crippen LogP contribution in [0.2, 0.25) is 0 Å². The zero-order valence-corrected chi connectivity index (χ0v) is 8.77. The van der Waals surface area contributed by atoms with Crippen molar-refractivity contribution in [3.05, 3.63) is 0 Å². The van der Waals surface area contributed by atoms with Crippen molar-refractivity contribution in [2.24, 2.45) is 5.41 Å². The van der Waals surface area contributed by atoms with Crippen LogP contribution < -0.4 is 0 Å². The summed E-state index contributed by atoms with van der Waals surface area (Å²) in [4.78, 5) is 1.68. The van der Waals surface area contributed by atoms with Crippen LogP contribution in [0.15, 0.2) is 0 Å². The number of hydrogen-bond acceptors (Lipinski definition) is 2. The SMILES string of the molecule is CC.CN(C)CC1(CO)CC1(F)F. The van der Waals surface area contributed by atoms with Gasteiger partial charge in [0.15, 0.2) is 0 Å². The highest BCUT2D eigenvalue weighted by Crippen LogP contribution is 2.60. The molecule has 0 aliphatic heterocycles. The van der Waals surface area contributed by atoms with Gasteiger partial charge in [0.25, 0.3) is 5.92 Å². The van der Waals surface area contributed by atoms with Gasteiger partial charge in [0.1, 0.15) is 0 Å². The topological polar surface area (TPSA) is 23.5 Å². The number of halogens is 2. The number of alkyl halides is 2. The van der Waals surface area contributed by atoms with E-state index in [0.29, 0.717) is 0 Å². The Bertz CT molecular complexity index is 162. The van der Waals surface area contributed by atoms with Gasteiger partial charge in [-0.25, -0.2) is 8.78 Å². The van der Waals surface area contributed by atoms with E-state index in [2.05, 4.69) is 0 Å². The summed E-state index contributed by atoms with van der Waals surface area (Å²) in [6, 6.07) is 0. The van der Waals surface area contributed by atoms with Crippen molar-refractivity contribution in [3.63, 3.8) is 0 Å². The lowest BCUT2D eigenvalue weighted by molar-refractivity contribution is 0.0252. The lowest BCUT2D eigenvalue weighted by Gasteiger charge is -2.17. The van der Waals surface area contributed by atoms with Gasteiger partial charge in [-0.15, -0.1) is 0 Å². The first kappa shape index (κ1) is 12.8. The molecule has 1 N–H and O–H groups in total. The Kier molecular flexibility index (Phi) is 4.26. The normalized spacial score (nSPS) is 29.5. The lowest BCUT2D eigenvalue weighted by atomic mass is 10.1. The first-order valence-electron chi connectivity index (χ1n) is 4.57. The molecule has 1 aliphatic rings. The maximum Gasteiger partial charge on any atom is 0.258 e. The van der Waals surface area contributed by atoms with Crippen LogP contribution in [0.5, 0.6) is 0 Å². The van der Waals surface area contributed by atoms with Gasteiger partial charge < -0.3 is 10.0 Å². The molecule has 0 spiro atoms. The third-order valence-corrected chi connectivity index (χ3v) is 2.13. The fourth-order valence-electron chi connectivity index (χ4n) is 1.38. The van der Waals surface area contributed by atoms with E-state index in [4.69, 9.17) is 5.11 Å². The van der Waals surface area contributed by atoms with Crippen LogP contribution in [0.3, 0.4) is 0 Å². The molecule has 13 heavy (non-hydrogen) atoms. The average molecular weight is 195 g/mol. The molecular weight excluding hydrogens is 176 g/mol. The largest absolute Gasteiger partial charge is 0.396 e. The first-order chi connectivity index (χ1) is 5.93. The van der Waals surface area contributed by atoms with E-state index in [0.717, 1.165) is 0 Å². The Labute approximate surface area is 78.5 Å². The van der Waals surface area contributed by atoms with E-state index in [-0.39, 0.29) is 13.0 Å². The molecule has 1 saturated carbocycles. The molecule has 0 heterocycles. The number of rotatable bonds is 3. The second kappa shape index (κ2) is 4.33. The van der Waals surface area contributed by atoms with Crippen molar-refractivity contribution >= 4 is 0 Å². The Morgan fingerprint density at radius 3 is 1.77 bits per heavy atom. The summed E-state index contributed by atoms with van der Waals surface area (Å²) >= 11 is 0. The molecular formula is C9H19F2NO. The predicted octanol–water partition coefficient (Wildman–Crippen LogP) is 1.59. The van der Waals surface area contributed by atoms with Gasteiger partial charge in [-0.3, -0.25) is 0 Å². The molecule has 2 nitrogen and oxygen atoms in total. The van der Waals surface area contributed by atoms with E-state index in [1.807, 2.05) is 13.8 Å². The highest BCUT2D eigenvalue weighted by atomic mass is 19.3. The number of aliphatic hydroxyl groups is 1. The third-order valence-electron chi connectivity index (χ3n) is 2.13. The molecule has 0 amide bonds. The number of hydrogen-bond donors (Lipinski definition) is 1. The lowest BCUT2D eigenvalue weighted by Crippen LogP contribution is -2.30. The van der Waals surface area contributed by atoms with Crippen LogP contribution in [-0.4, -0.2) is 43.2 Å². The zero-order chi connectivity index (χ0) is 10.7. The van der Waals surface area contributed by atoms with Crippen LogP contribution in [-0.2, 0) is 0 Å². The van der Waals surface area contributed by atoms with Gasteiger partial charge in [0.2, 0.25) is 0 Å². The molecule has 0 aromatic heterocycles. The van der Waals surface area contributed by atoms with Crippen LogP contribution >= 0.6 is 0 Å². The average Bonchev–Trinajstić information content (AvgIpc) is 2.57. The van der Waals surface area contributed by atoms with Gasteiger partial charge in [0.05, 0.1) is 12.0 Å². The maximum absolute atomic E-state index is 12.6. The maximum atomic E-state index is 12.6. The second-order valence-electron chi connectivity index (χ2n) is 3.56. The minimum absolute atomic E-state index is 0.172. The number of nitrogens with zero attached hydrogens (tertiary/aromatic N) is 1. The van der Waals surface area contributed by atoms with E-state index in [1.165, 1.54) is 0 Å². The molecule has 1 fully saturated rings. The molecule has 0 saturated heterocycles. The van der Waals surface area contributed by atoms with Gasteiger partial charge in [-0.05, 0) is 14.1 Å². The predicted molar refractivity (Wildman–Crippen MR) is 49.0 cm³/mol. The van der Waals surface area contributed by atoms with Crippen molar-refractivity contribution in [2.45, 2.75) is 26.2 Å². The fourth-order valence-corrected chi connectivity index (χ4v) is 1.38. The molecule has 1 rings (SSSR count). The van der Waals surface area contributed by atoms with Gasteiger partial charge in [-0.1, -0.05) is 13.8 Å². The third kappa shape index (κ3) is 2.61. The Morgan fingerprint density at radius 2 is 1.69 bits per heavy atom. The molecule has 0 radical (unpaired) electrons. The van der Waals surface area contributed by atoms with Crippen LogP contribution in [0, 0.1) is 5.41 Å². The highest BCUT2D eigenvalue weighted by Gasteiger charge is 2.70. The molecule has 0 aromatic rings. The second-order valence-corrected chi connectivity index (χ2v) is 3.56. The molecule has 1 unspecified atom stereocenters. The minimum Gasteiger partial charge on any atom is -0.396 e. The summed E-state index contributed by atoms with van der Waals surface area (Å²) in [6.07, 6.45) is -0.172. The standard InChI is InChI=1S/C7H13F2NO.C2H6/c1-10(2)4-6(5-11)3-7(6,8)9;1-2/h11H,3-5H2,1-2H3;1-2H3. The summed E-state index contributed by atoms with van der Waals surface area (Å²) < 4.78 is 25.3. The molecule has 1 aliphatic carbocycles. The molecule has 0 aromatic carbocycles. The van der Waals surface area contributed by atoms with Crippen molar-refractivity contribution in [1.82, 2.24) is 4.90 Å². The van der Waals surface area contributed by atoms with E-state index >= 15 is 0 Å². The van der Waals surface area contributed by atoms with Gasteiger partial charge >= 0.3 is 0 Å². The van der Waals surface area contributed by atoms with Crippen molar-refractivity contribution in [1.29, 1.82) is 0 Å². The molecule has 4 heteroatoms. The van der Waals surface area contributed by atoms with Crippen molar-refractivity contribution in [3.8, 4) is 0 Å². The minimum atomic E-state index is -2.65.